The number of pyridine rings is 1. The van der Waals surface area contributed by atoms with Gasteiger partial charge in [-0.1, -0.05) is 37.3 Å². The van der Waals surface area contributed by atoms with Gasteiger partial charge in [-0.2, -0.15) is 5.10 Å². The van der Waals surface area contributed by atoms with E-state index >= 15 is 0 Å². The summed E-state index contributed by atoms with van der Waals surface area (Å²) in [6, 6.07) is 23.3. The molecule has 3 heterocycles. The zero-order valence-corrected chi connectivity index (χ0v) is 20.6. The van der Waals surface area contributed by atoms with Crippen LogP contribution in [0.25, 0.3) is 55.6 Å². The molecule has 0 saturated carbocycles. The summed E-state index contributed by atoms with van der Waals surface area (Å²) in [7, 11) is 1.54. The zero-order valence-electron chi connectivity index (χ0n) is 20.6. The molecule has 6 rings (SSSR count). The summed E-state index contributed by atoms with van der Waals surface area (Å²) >= 11 is 0. The number of ether oxygens (including phenoxy) is 1. The Morgan fingerprint density at radius 1 is 0.919 bits per heavy atom. The second kappa shape index (κ2) is 9.52. The number of hydrogen-bond donors (Lipinski definition) is 3. The summed E-state index contributed by atoms with van der Waals surface area (Å²) in [4.78, 5) is 8.18. The van der Waals surface area contributed by atoms with Crippen molar-refractivity contribution < 1.29 is 9.13 Å². The minimum absolute atomic E-state index is 0.338. The Kier molecular flexibility index (Phi) is 5.90. The van der Waals surface area contributed by atoms with Crippen LogP contribution in [-0.4, -0.2) is 33.8 Å². The molecular formula is C30H26FN5O. The molecule has 0 aliphatic carbocycles. The Morgan fingerprint density at radius 3 is 2.68 bits per heavy atom. The quantitative estimate of drug-likeness (QED) is 0.232. The van der Waals surface area contributed by atoms with Crippen LogP contribution in [0, 0.1) is 5.82 Å². The topological polar surface area (TPSA) is 78.6 Å². The van der Waals surface area contributed by atoms with Crippen LogP contribution in [0.4, 0.5) is 4.39 Å². The Morgan fingerprint density at radius 2 is 1.81 bits per heavy atom. The number of fused-ring (bicyclic) bond motifs is 2. The van der Waals surface area contributed by atoms with Crippen LogP contribution in [0.5, 0.6) is 5.75 Å². The lowest BCUT2D eigenvalue weighted by atomic mass is 10.0. The Balaban J connectivity index is 1.43. The first-order valence-corrected chi connectivity index (χ1v) is 12.2. The van der Waals surface area contributed by atoms with Gasteiger partial charge >= 0.3 is 0 Å². The van der Waals surface area contributed by atoms with E-state index in [1.807, 2.05) is 30.5 Å². The van der Waals surface area contributed by atoms with Gasteiger partial charge in [-0.3, -0.25) is 10.1 Å². The van der Waals surface area contributed by atoms with Crippen molar-refractivity contribution in [3.8, 4) is 39.5 Å². The van der Waals surface area contributed by atoms with E-state index in [1.54, 1.807) is 0 Å². The molecule has 0 bridgehead atoms. The molecule has 0 aliphatic heterocycles. The minimum Gasteiger partial charge on any atom is -0.497 e. The monoisotopic (exact) mass is 491 g/mol. The maximum atomic E-state index is 14.3. The lowest BCUT2D eigenvalue weighted by molar-refractivity contribution is 0.411. The predicted molar refractivity (Wildman–Crippen MR) is 146 cm³/mol. The highest BCUT2D eigenvalue weighted by Crippen LogP contribution is 2.36. The third-order valence-corrected chi connectivity index (χ3v) is 6.59. The smallest absolute Gasteiger partial charge is 0.127 e. The number of nitrogens with one attached hydrogen (secondary N) is 3. The molecule has 0 aliphatic rings. The third-order valence-electron chi connectivity index (χ3n) is 6.59. The van der Waals surface area contributed by atoms with Crippen molar-refractivity contribution in [1.29, 1.82) is 0 Å². The van der Waals surface area contributed by atoms with Crippen molar-refractivity contribution in [3.05, 3.63) is 90.4 Å². The summed E-state index contributed by atoms with van der Waals surface area (Å²) in [5, 5.41) is 13.0. The van der Waals surface area contributed by atoms with Gasteiger partial charge in [0.2, 0.25) is 0 Å². The highest BCUT2D eigenvalue weighted by atomic mass is 19.1. The highest BCUT2D eigenvalue weighted by molar-refractivity contribution is 6.01. The summed E-state index contributed by atoms with van der Waals surface area (Å²) < 4.78 is 19.5. The van der Waals surface area contributed by atoms with E-state index in [4.69, 9.17) is 4.74 Å². The predicted octanol–water partition coefficient (Wildman–Crippen LogP) is 6.70. The van der Waals surface area contributed by atoms with Crippen LogP contribution in [0.3, 0.4) is 0 Å². The average molecular weight is 492 g/mol. The van der Waals surface area contributed by atoms with Crippen LogP contribution in [0.1, 0.15) is 12.5 Å². The van der Waals surface area contributed by atoms with Crippen LogP contribution < -0.4 is 10.1 Å². The number of aromatic nitrogens is 4. The summed E-state index contributed by atoms with van der Waals surface area (Å²) in [5.41, 5.74) is 8.30. The first-order chi connectivity index (χ1) is 18.1. The molecule has 184 valence electrons. The van der Waals surface area contributed by atoms with Gasteiger partial charge in [0.25, 0.3) is 0 Å². The van der Waals surface area contributed by atoms with Gasteiger partial charge in [0, 0.05) is 34.5 Å². The Bertz CT molecular complexity index is 1740. The highest BCUT2D eigenvalue weighted by Gasteiger charge is 2.15. The minimum atomic E-state index is -0.338. The fourth-order valence-corrected chi connectivity index (χ4v) is 4.76. The number of halogens is 1. The van der Waals surface area contributed by atoms with Gasteiger partial charge in [-0.05, 0) is 59.6 Å². The van der Waals surface area contributed by atoms with Gasteiger partial charge in [0.15, 0.2) is 0 Å². The largest absolute Gasteiger partial charge is 0.497 e. The molecular weight excluding hydrogens is 465 g/mol. The molecule has 6 nitrogen and oxygen atoms in total. The number of hydrogen-bond acceptors (Lipinski definition) is 4. The average Bonchev–Trinajstić information content (AvgIpc) is 3.55. The number of rotatable bonds is 7. The van der Waals surface area contributed by atoms with E-state index in [0.29, 0.717) is 5.75 Å². The second-order valence-corrected chi connectivity index (χ2v) is 9.00. The molecule has 0 amide bonds. The van der Waals surface area contributed by atoms with Crippen LogP contribution in [0.2, 0.25) is 0 Å². The van der Waals surface area contributed by atoms with E-state index in [9.17, 15) is 4.39 Å². The van der Waals surface area contributed by atoms with Crippen LogP contribution >= 0.6 is 0 Å². The number of H-pyrrole nitrogens is 2. The van der Waals surface area contributed by atoms with E-state index < -0.39 is 0 Å². The standard InChI is InChI=1S/C30H26FN5O/c1-3-32-16-18-6-4-7-19(10-18)27-15-25-29(17-33-27)35-36-30(25)28-14-24-23(8-5-9-26(24)34-28)20-11-21(31)13-22(12-20)37-2/h4-15,17,32,34H,3,16H2,1-2H3,(H,35,36). The fourth-order valence-electron chi connectivity index (χ4n) is 4.76. The van der Waals surface area contributed by atoms with Crippen molar-refractivity contribution in [1.82, 2.24) is 25.5 Å². The van der Waals surface area contributed by atoms with Crippen molar-refractivity contribution in [2.24, 2.45) is 0 Å². The molecule has 7 heteroatoms. The van der Waals surface area contributed by atoms with E-state index in [2.05, 4.69) is 68.8 Å². The summed E-state index contributed by atoms with van der Waals surface area (Å²) in [6.45, 7) is 3.84. The number of nitrogens with zero attached hydrogens (tertiary/aromatic N) is 2. The maximum Gasteiger partial charge on any atom is 0.127 e. The van der Waals surface area contributed by atoms with Gasteiger partial charge in [0.05, 0.1) is 30.2 Å². The molecule has 0 atom stereocenters. The van der Waals surface area contributed by atoms with E-state index in [1.165, 1.54) is 24.8 Å². The lowest BCUT2D eigenvalue weighted by Crippen LogP contribution is -2.11. The Labute approximate surface area is 213 Å². The Hall–Kier alpha value is -4.49. The molecule has 0 fully saturated rings. The summed E-state index contributed by atoms with van der Waals surface area (Å²) in [6.07, 6.45) is 1.82. The molecule has 3 aromatic carbocycles. The van der Waals surface area contributed by atoms with Crippen molar-refractivity contribution in [3.63, 3.8) is 0 Å². The number of aromatic amines is 2. The van der Waals surface area contributed by atoms with Crippen LogP contribution in [0.15, 0.2) is 79.0 Å². The molecule has 6 aromatic rings. The second-order valence-electron chi connectivity index (χ2n) is 9.00. The first-order valence-electron chi connectivity index (χ1n) is 12.2. The van der Waals surface area contributed by atoms with Crippen molar-refractivity contribution >= 4 is 21.8 Å². The summed E-state index contributed by atoms with van der Waals surface area (Å²) in [5.74, 6) is 0.144. The van der Waals surface area contributed by atoms with E-state index in [0.717, 1.165) is 68.7 Å². The van der Waals surface area contributed by atoms with Gasteiger partial charge in [0.1, 0.15) is 17.3 Å². The van der Waals surface area contributed by atoms with Gasteiger partial charge in [-0.15, -0.1) is 0 Å². The number of methoxy groups -OCH3 is 1. The van der Waals surface area contributed by atoms with Crippen molar-refractivity contribution in [2.75, 3.05) is 13.7 Å². The molecule has 0 saturated heterocycles. The molecule has 37 heavy (non-hydrogen) atoms. The SMILES string of the molecule is CCNCc1cccc(-c2cc3c(-c4cc5c(-c6cc(F)cc(OC)c6)cccc5[nH]4)n[nH]c3cn2)c1. The van der Waals surface area contributed by atoms with Crippen molar-refractivity contribution in [2.45, 2.75) is 13.5 Å². The van der Waals surface area contributed by atoms with E-state index in [-0.39, 0.29) is 5.82 Å². The maximum absolute atomic E-state index is 14.3. The first kappa shape index (κ1) is 22.9. The van der Waals surface area contributed by atoms with Gasteiger partial charge in [-0.25, -0.2) is 4.39 Å². The fraction of sp³-hybridized carbons (Fsp3) is 0.133. The van der Waals surface area contributed by atoms with Crippen LogP contribution in [-0.2, 0) is 6.54 Å². The lowest BCUT2D eigenvalue weighted by Gasteiger charge is -2.07. The molecule has 0 radical (unpaired) electrons. The molecule has 3 aromatic heterocycles. The normalized spacial score (nSPS) is 11.4. The van der Waals surface area contributed by atoms with Gasteiger partial charge < -0.3 is 15.0 Å². The zero-order chi connectivity index (χ0) is 25.4. The molecule has 0 spiro atoms. The number of benzene rings is 3. The third kappa shape index (κ3) is 4.34. The molecule has 0 unspecified atom stereocenters. The molecule has 3 N–H and O–H groups in total.